The van der Waals surface area contributed by atoms with E-state index in [1.165, 1.54) is 340 Å². The van der Waals surface area contributed by atoms with Gasteiger partial charge in [0.15, 0.2) is 0 Å². The predicted molar refractivity (Wildman–Crippen MR) is 375 cm³/mol. The molecule has 0 rings (SSSR count). The standard InChI is InChI=1S/C79H149NO5/c1-3-5-7-9-11-13-15-17-18-19-20-21-32-35-38-41-44-48-51-55-59-63-67-71-77(82)76(75-81)80-78(83)72-68-64-60-56-52-49-45-42-39-36-33-30-28-26-24-22-23-25-27-29-31-34-37-40-43-46-50-54-58-62-66-70-74-85-79(84)73-69-65-61-57-53-47-16-14-12-10-8-6-4-2/h8,10,14,16,25,27,67,71,76-77,81-82H,3-7,9,11-13,15,17-24,26,28-66,68-70,72-75H2,1-2H3,(H,80,83)/b10-8-,16-14-,27-25-,71-67+. The van der Waals surface area contributed by atoms with Crippen LogP contribution in [0, 0.1) is 0 Å². The molecule has 0 aliphatic rings. The average Bonchev–Trinajstić information content (AvgIpc) is 3.51. The van der Waals surface area contributed by atoms with Gasteiger partial charge in [-0.05, 0) is 83.5 Å². The molecule has 2 unspecified atom stereocenters. The third kappa shape index (κ3) is 70.8. The van der Waals surface area contributed by atoms with Crippen molar-refractivity contribution in [2.75, 3.05) is 13.2 Å². The maximum Gasteiger partial charge on any atom is 0.305 e. The highest BCUT2D eigenvalue weighted by molar-refractivity contribution is 5.76. The smallest absolute Gasteiger partial charge is 0.305 e. The first-order valence-corrected chi connectivity index (χ1v) is 38.4. The van der Waals surface area contributed by atoms with Gasteiger partial charge in [0.2, 0.25) is 5.91 Å². The number of ether oxygens (including phenoxy) is 1. The molecule has 0 aromatic rings. The second-order valence-corrected chi connectivity index (χ2v) is 26.3. The zero-order valence-corrected chi connectivity index (χ0v) is 57.4. The molecule has 6 nitrogen and oxygen atoms in total. The van der Waals surface area contributed by atoms with Gasteiger partial charge in [-0.3, -0.25) is 9.59 Å². The van der Waals surface area contributed by atoms with E-state index in [2.05, 4.69) is 55.6 Å². The fraction of sp³-hybridized carbons (Fsp3) is 0.873. The fourth-order valence-corrected chi connectivity index (χ4v) is 12.0. The van der Waals surface area contributed by atoms with Crippen LogP contribution in [0.3, 0.4) is 0 Å². The molecule has 0 aliphatic heterocycles. The Morgan fingerprint density at radius 2 is 0.612 bits per heavy atom. The van der Waals surface area contributed by atoms with Gasteiger partial charge in [0.1, 0.15) is 0 Å². The van der Waals surface area contributed by atoms with Gasteiger partial charge in [0.25, 0.3) is 0 Å². The normalized spacial score (nSPS) is 12.8. The van der Waals surface area contributed by atoms with Gasteiger partial charge in [0, 0.05) is 12.8 Å². The van der Waals surface area contributed by atoms with E-state index < -0.39 is 12.1 Å². The molecule has 0 radical (unpaired) electrons. The van der Waals surface area contributed by atoms with Gasteiger partial charge >= 0.3 is 5.97 Å². The van der Waals surface area contributed by atoms with E-state index in [1.54, 1.807) is 6.08 Å². The molecule has 0 spiro atoms. The minimum absolute atomic E-state index is 0.00279. The first-order valence-electron chi connectivity index (χ1n) is 38.4. The van der Waals surface area contributed by atoms with Crippen molar-refractivity contribution in [2.45, 2.75) is 431 Å². The van der Waals surface area contributed by atoms with E-state index in [1.807, 2.05) is 6.08 Å². The van der Waals surface area contributed by atoms with Crippen molar-refractivity contribution in [1.29, 1.82) is 0 Å². The number of unbranched alkanes of at least 4 members (excludes halogenated alkanes) is 55. The van der Waals surface area contributed by atoms with Crippen molar-refractivity contribution in [3.63, 3.8) is 0 Å². The fourth-order valence-electron chi connectivity index (χ4n) is 12.0. The Morgan fingerprint density at radius 3 is 0.953 bits per heavy atom. The summed E-state index contributed by atoms with van der Waals surface area (Å²) in [6, 6.07) is -0.628. The van der Waals surface area contributed by atoms with E-state index in [0.717, 1.165) is 51.4 Å². The second-order valence-electron chi connectivity index (χ2n) is 26.3. The largest absolute Gasteiger partial charge is 0.466 e. The van der Waals surface area contributed by atoms with Crippen molar-refractivity contribution in [2.24, 2.45) is 0 Å². The lowest BCUT2D eigenvalue weighted by atomic mass is 10.0. The molecule has 0 aromatic carbocycles. The molecule has 1 amide bonds. The van der Waals surface area contributed by atoms with Gasteiger partial charge in [-0.1, -0.05) is 371 Å². The zero-order valence-electron chi connectivity index (χ0n) is 57.4. The van der Waals surface area contributed by atoms with Crippen LogP contribution in [0.15, 0.2) is 48.6 Å². The SMILES string of the molecule is CCC/C=C\C/C=C\CCCCCCCC(=O)OCCCCCCCCCCCCCC/C=C\CCCCCCCCCCCCCCCCCCC(=O)NC(CO)C(O)/C=C/CCCCCCCCCCCCCCCCCCCCCCC. The topological polar surface area (TPSA) is 95.9 Å². The predicted octanol–water partition coefficient (Wildman–Crippen LogP) is 25.2. The van der Waals surface area contributed by atoms with Crippen LogP contribution in [-0.4, -0.2) is 47.4 Å². The molecule has 0 fully saturated rings. The third-order valence-corrected chi connectivity index (χ3v) is 17.8. The lowest BCUT2D eigenvalue weighted by molar-refractivity contribution is -0.143. The Labute approximate surface area is 531 Å². The highest BCUT2D eigenvalue weighted by Gasteiger charge is 2.18. The number of aliphatic hydroxyl groups is 2. The first kappa shape index (κ1) is 82.8. The van der Waals surface area contributed by atoms with Crippen molar-refractivity contribution in [3.05, 3.63) is 48.6 Å². The number of amides is 1. The Morgan fingerprint density at radius 1 is 0.329 bits per heavy atom. The number of aliphatic hydroxyl groups excluding tert-OH is 2. The summed E-state index contributed by atoms with van der Waals surface area (Å²) >= 11 is 0. The summed E-state index contributed by atoms with van der Waals surface area (Å²) in [6.45, 7) is 4.87. The summed E-state index contributed by atoms with van der Waals surface area (Å²) < 4.78 is 5.48. The number of rotatable bonds is 72. The Bertz CT molecular complexity index is 1420. The maximum atomic E-state index is 12.5. The van der Waals surface area contributed by atoms with E-state index in [9.17, 15) is 19.8 Å². The van der Waals surface area contributed by atoms with Gasteiger partial charge in [0.05, 0.1) is 25.4 Å². The molecule has 0 bridgehead atoms. The molecule has 0 aromatic heterocycles. The number of carbonyl (C=O) groups is 2. The van der Waals surface area contributed by atoms with Crippen molar-refractivity contribution >= 4 is 11.9 Å². The quantitative estimate of drug-likeness (QED) is 0.0320. The summed E-state index contributed by atoms with van der Waals surface area (Å²) in [7, 11) is 0. The maximum absolute atomic E-state index is 12.5. The number of hydrogen-bond donors (Lipinski definition) is 3. The summed E-state index contributed by atoms with van der Waals surface area (Å²) in [5.74, 6) is -0.0584. The van der Waals surface area contributed by atoms with Crippen molar-refractivity contribution in [3.8, 4) is 0 Å². The van der Waals surface area contributed by atoms with Crippen LogP contribution in [0.25, 0.3) is 0 Å². The number of allylic oxidation sites excluding steroid dienone is 7. The monoisotopic (exact) mass is 1190 g/mol. The number of nitrogens with one attached hydrogen (secondary N) is 1. The molecule has 0 saturated heterocycles. The van der Waals surface area contributed by atoms with E-state index >= 15 is 0 Å². The molecule has 85 heavy (non-hydrogen) atoms. The average molecular weight is 1190 g/mol. The van der Waals surface area contributed by atoms with E-state index in [4.69, 9.17) is 4.74 Å². The van der Waals surface area contributed by atoms with Crippen molar-refractivity contribution in [1.82, 2.24) is 5.32 Å². The van der Waals surface area contributed by atoms with Crippen LogP contribution < -0.4 is 5.32 Å². The Hall–Kier alpha value is -2.18. The summed E-state index contributed by atoms with van der Waals surface area (Å²) in [6.07, 6.45) is 97.9. The minimum Gasteiger partial charge on any atom is -0.466 e. The second kappa shape index (κ2) is 74.3. The van der Waals surface area contributed by atoms with Gasteiger partial charge in [-0.25, -0.2) is 0 Å². The van der Waals surface area contributed by atoms with Crippen molar-refractivity contribution < 1.29 is 24.5 Å². The highest BCUT2D eigenvalue weighted by atomic mass is 16.5. The molecule has 6 heteroatoms. The van der Waals surface area contributed by atoms with Gasteiger partial charge in [-0.2, -0.15) is 0 Å². The molecular formula is C79H149NO5. The molecule has 3 N–H and O–H groups in total. The summed E-state index contributed by atoms with van der Waals surface area (Å²) in [5, 5.41) is 23.3. The zero-order chi connectivity index (χ0) is 61.3. The number of esters is 1. The molecule has 0 heterocycles. The van der Waals surface area contributed by atoms with E-state index in [-0.39, 0.29) is 18.5 Å². The van der Waals surface area contributed by atoms with Crippen LogP contribution in [0.1, 0.15) is 418 Å². The summed E-state index contributed by atoms with van der Waals surface area (Å²) in [5.41, 5.74) is 0. The summed E-state index contributed by atoms with van der Waals surface area (Å²) in [4.78, 5) is 24.6. The third-order valence-electron chi connectivity index (χ3n) is 17.8. The van der Waals surface area contributed by atoms with E-state index in [0.29, 0.717) is 19.4 Å². The molecule has 0 saturated carbocycles. The van der Waals surface area contributed by atoms with Crippen LogP contribution in [0.4, 0.5) is 0 Å². The van der Waals surface area contributed by atoms with Crippen LogP contribution in [-0.2, 0) is 14.3 Å². The Balaban J connectivity index is 3.39. The Kier molecular flexibility index (Phi) is 72.4. The lowest BCUT2D eigenvalue weighted by Crippen LogP contribution is -2.45. The first-order chi connectivity index (χ1) is 42.0. The lowest BCUT2D eigenvalue weighted by Gasteiger charge is -2.20. The van der Waals surface area contributed by atoms with Crippen LogP contribution >= 0.6 is 0 Å². The van der Waals surface area contributed by atoms with Gasteiger partial charge < -0.3 is 20.3 Å². The molecule has 2 atom stereocenters. The molecular weight excluding hydrogens is 1040 g/mol. The molecule has 0 aliphatic carbocycles. The number of carbonyl (C=O) groups excluding carboxylic acids is 2. The van der Waals surface area contributed by atoms with Crippen LogP contribution in [0.2, 0.25) is 0 Å². The van der Waals surface area contributed by atoms with Crippen LogP contribution in [0.5, 0.6) is 0 Å². The minimum atomic E-state index is -0.845. The highest BCUT2D eigenvalue weighted by Crippen LogP contribution is 2.19. The number of hydrogen-bond acceptors (Lipinski definition) is 5. The molecule has 500 valence electrons. The van der Waals surface area contributed by atoms with Gasteiger partial charge in [-0.15, -0.1) is 0 Å².